The number of alkyl halides is 1. The standard InChI is InChI=1S/C11H14Br2O/c1-8(2)7-14-11-5-9(6-12)3-4-10(11)13/h3-5,8H,6-7H2,1-2H3. The van der Waals surface area contributed by atoms with Crippen molar-refractivity contribution in [2.45, 2.75) is 19.2 Å². The first-order valence-corrected chi connectivity index (χ1v) is 6.52. The molecule has 0 aromatic heterocycles. The molecule has 0 bridgehead atoms. The summed E-state index contributed by atoms with van der Waals surface area (Å²) in [6, 6.07) is 6.15. The highest BCUT2D eigenvalue weighted by Crippen LogP contribution is 2.27. The summed E-state index contributed by atoms with van der Waals surface area (Å²) in [7, 11) is 0. The zero-order valence-electron chi connectivity index (χ0n) is 8.39. The van der Waals surface area contributed by atoms with Crippen molar-refractivity contribution in [2.75, 3.05) is 6.61 Å². The van der Waals surface area contributed by atoms with Crippen molar-refractivity contribution in [1.29, 1.82) is 0 Å². The normalized spacial score (nSPS) is 10.6. The van der Waals surface area contributed by atoms with E-state index in [9.17, 15) is 0 Å². The second-order valence-corrected chi connectivity index (χ2v) is 5.02. The Hall–Kier alpha value is -0.0200. The van der Waals surface area contributed by atoms with Crippen molar-refractivity contribution < 1.29 is 4.74 Å². The van der Waals surface area contributed by atoms with Crippen molar-refractivity contribution in [3.63, 3.8) is 0 Å². The summed E-state index contributed by atoms with van der Waals surface area (Å²) in [5.41, 5.74) is 1.23. The van der Waals surface area contributed by atoms with Gasteiger partial charge in [0.2, 0.25) is 0 Å². The first-order chi connectivity index (χ1) is 6.63. The zero-order valence-corrected chi connectivity index (χ0v) is 11.6. The van der Waals surface area contributed by atoms with Gasteiger partial charge in [-0.1, -0.05) is 35.8 Å². The predicted molar refractivity (Wildman–Crippen MR) is 67.1 cm³/mol. The average Bonchev–Trinajstić information content (AvgIpc) is 2.16. The largest absolute Gasteiger partial charge is 0.492 e. The maximum absolute atomic E-state index is 5.67. The van der Waals surface area contributed by atoms with Gasteiger partial charge in [-0.15, -0.1) is 0 Å². The third kappa shape index (κ3) is 3.62. The van der Waals surface area contributed by atoms with Crippen LogP contribution in [-0.4, -0.2) is 6.61 Å². The van der Waals surface area contributed by atoms with Crippen LogP contribution in [0.3, 0.4) is 0 Å². The Morgan fingerprint density at radius 1 is 1.36 bits per heavy atom. The quantitative estimate of drug-likeness (QED) is 0.748. The van der Waals surface area contributed by atoms with Crippen LogP contribution in [-0.2, 0) is 5.33 Å². The molecule has 0 radical (unpaired) electrons. The summed E-state index contributed by atoms with van der Waals surface area (Å²) >= 11 is 6.89. The first-order valence-electron chi connectivity index (χ1n) is 4.60. The van der Waals surface area contributed by atoms with Gasteiger partial charge in [-0.3, -0.25) is 0 Å². The summed E-state index contributed by atoms with van der Waals surface area (Å²) in [6.45, 7) is 5.04. The number of halogens is 2. The van der Waals surface area contributed by atoms with Crippen LogP contribution in [0.4, 0.5) is 0 Å². The molecule has 1 rings (SSSR count). The van der Waals surface area contributed by atoms with Crippen LogP contribution in [0.5, 0.6) is 5.75 Å². The molecule has 0 saturated carbocycles. The van der Waals surface area contributed by atoms with E-state index >= 15 is 0 Å². The Morgan fingerprint density at radius 3 is 2.64 bits per heavy atom. The summed E-state index contributed by atoms with van der Waals surface area (Å²) in [6.07, 6.45) is 0. The molecule has 0 amide bonds. The minimum Gasteiger partial charge on any atom is -0.492 e. The maximum atomic E-state index is 5.67. The highest BCUT2D eigenvalue weighted by atomic mass is 79.9. The van der Waals surface area contributed by atoms with E-state index in [1.165, 1.54) is 5.56 Å². The fourth-order valence-electron chi connectivity index (χ4n) is 0.998. The molecular formula is C11H14Br2O. The van der Waals surface area contributed by atoms with E-state index in [1.54, 1.807) is 0 Å². The highest BCUT2D eigenvalue weighted by Gasteiger charge is 2.03. The zero-order chi connectivity index (χ0) is 10.6. The molecule has 0 spiro atoms. The molecule has 0 aliphatic carbocycles. The Bertz CT molecular complexity index is 297. The lowest BCUT2D eigenvalue weighted by molar-refractivity contribution is 0.269. The van der Waals surface area contributed by atoms with Crippen molar-refractivity contribution >= 4 is 31.9 Å². The van der Waals surface area contributed by atoms with Crippen LogP contribution >= 0.6 is 31.9 Å². The van der Waals surface area contributed by atoms with Crippen LogP contribution < -0.4 is 4.74 Å². The molecule has 0 heterocycles. The fourth-order valence-corrected chi connectivity index (χ4v) is 1.71. The molecular weight excluding hydrogens is 308 g/mol. The second kappa shape index (κ2) is 5.76. The lowest BCUT2D eigenvalue weighted by Crippen LogP contribution is -2.05. The molecule has 0 aliphatic rings. The minimum atomic E-state index is 0.550. The fraction of sp³-hybridized carbons (Fsp3) is 0.455. The van der Waals surface area contributed by atoms with Gasteiger partial charge in [0.25, 0.3) is 0 Å². The molecule has 3 heteroatoms. The Morgan fingerprint density at radius 2 is 2.07 bits per heavy atom. The summed E-state index contributed by atoms with van der Waals surface area (Å²) in [5, 5.41) is 0.859. The first kappa shape index (κ1) is 12.1. The number of hydrogen-bond donors (Lipinski definition) is 0. The van der Waals surface area contributed by atoms with E-state index in [4.69, 9.17) is 4.74 Å². The maximum Gasteiger partial charge on any atom is 0.133 e. The average molecular weight is 322 g/mol. The molecule has 0 atom stereocenters. The number of hydrogen-bond acceptors (Lipinski definition) is 1. The molecule has 78 valence electrons. The van der Waals surface area contributed by atoms with Gasteiger partial charge >= 0.3 is 0 Å². The molecule has 0 unspecified atom stereocenters. The van der Waals surface area contributed by atoms with Gasteiger partial charge in [-0.25, -0.2) is 0 Å². The van der Waals surface area contributed by atoms with Crippen LogP contribution in [0.25, 0.3) is 0 Å². The van der Waals surface area contributed by atoms with E-state index in [0.29, 0.717) is 5.92 Å². The molecule has 0 fully saturated rings. The summed E-state index contributed by atoms with van der Waals surface area (Å²) in [4.78, 5) is 0. The van der Waals surface area contributed by atoms with Gasteiger partial charge in [0.1, 0.15) is 5.75 Å². The lowest BCUT2D eigenvalue weighted by Gasteiger charge is -2.11. The third-order valence-electron chi connectivity index (χ3n) is 1.72. The van der Waals surface area contributed by atoms with Crippen molar-refractivity contribution in [2.24, 2.45) is 5.92 Å². The van der Waals surface area contributed by atoms with Crippen LogP contribution in [0.1, 0.15) is 19.4 Å². The summed E-state index contributed by atoms with van der Waals surface area (Å²) < 4.78 is 6.69. The lowest BCUT2D eigenvalue weighted by atomic mass is 10.2. The highest BCUT2D eigenvalue weighted by molar-refractivity contribution is 9.10. The van der Waals surface area contributed by atoms with E-state index in [1.807, 2.05) is 6.07 Å². The molecule has 0 saturated heterocycles. The molecule has 1 nitrogen and oxygen atoms in total. The van der Waals surface area contributed by atoms with Crippen LogP contribution in [0, 0.1) is 5.92 Å². The molecule has 14 heavy (non-hydrogen) atoms. The topological polar surface area (TPSA) is 9.23 Å². The summed E-state index contributed by atoms with van der Waals surface area (Å²) in [5.74, 6) is 1.48. The Balaban J connectivity index is 2.73. The van der Waals surface area contributed by atoms with Gasteiger partial charge in [0.05, 0.1) is 11.1 Å². The number of benzene rings is 1. The van der Waals surface area contributed by atoms with Crippen LogP contribution in [0.2, 0.25) is 0 Å². The van der Waals surface area contributed by atoms with E-state index < -0.39 is 0 Å². The van der Waals surface area contributed by atoms with E-state index in [2.05, 4.69) is 57.8 Å². The van der Waals surface area contributed by atoms with E-state index in [0.717, 1.165) is 22.2 Å². The van der Waals surface area contributed by atoms with E-state index in [-0.39, 0.29) is 0 Å². The van der Waals surface area contributed by atoms with Crippen molar-refractivity contribution in [3.05, 3.63) is 28.2 Å². The molecule has 1 aromatic rings. The predicted octanol–water partition coefficient (Wildman–Crippen LogP) is 4.38. The van der Waals surface area contributed by atoms with Crippen molar-refractivity contribution in [1.82, 2.24) is 0 Å². The van der Waals surface area contributed by atoms with Gasteiger partial charge in [-0.05, 0) is 39.5 Å². The smallest absolute Gasteiger partial charge is 0.133 e. The molecule has 1 aromatic carbocycles. The van der Waals surface area contributed by atoms with Crippen molar-refractivity contribution in [3.8, 4) is 5.75 Å². The third-order valence-corrected chi connectivity index (χ3v) is 3.02. The van der Waals surface area contributed by atoms with Crippen LogP contribution in [0.15, 0.2) is 22.7 Å². The van der Waals surface area contributed by atoms with Gasteiger partial charge in [0.15, 0.2) is 0 Å². The molecule has 0 aliphatic heterocycles. The second-order valence-electron chi connectivity index (χ2n) is 3.60. The Labute approximate surface area is 102 Å². The monoisotopic (exact) mass is 320 g/mol. The molecule has 0 N–H and O–H groups in total. The van der Waals surface area contributed by atoms with Gasteiger partial charge in [-0.2, -0.15) is 0 Å². The SMILES string of the molecule is CC(C)COc1cc(CBr)ccc1Br. The number of ether oxygens (including phenoxy) is 1. The van der Waals surface area contributed by atoms with Gasteiger partial charge < -0.3 is 4.74 Å². The van der Waals surface area contributed by atoms with Gasteiger partial charge in [0, 0.05) is 5.33 Å². The number of rotatable bonds is 4. The Kier molecular flexibility index (Phi) is 4.96. The minimum absolute atomic E-state index is 0.550.